The van der Waals surface area contributed by atoms with Crippen molar-refractivity contribution in [2.45, 2.75) is 24.8 Å². The quantitative estimate of drug-likeness (QED) is 0.576. The van der Waals surface area contributed by atoms with Crippen LogP contribution >= 0.6 is 0 Å². The van der Waals surface area contributed by atoms with Gasteiger partial charge in [-0.1, -0.05) is 12.1 Å². The van der Waals surface area contributed by atoms with Crippen LogP contribution in [-0.4, -0.2) is 27.5 Å². The van der Waals surface area contributed by atoms with E-state index in [4.69, 9.17) is 4.74 Å². The molecule has 0 atom stereocenters. The van der Waals surface area contributed by atoms with Crippen LogP contribution < -0.4 is 14.4 Å². The van der Waals surface area contributed by atoms with Crippen molar-refractivity contribution in [1.82, 2.24) is 0 Å². The number of sulfonamides is 1. The first-order chi connectivity index (χ1) is 14.7. The Labute approximate surface area is 181 Å². The molecule has 0 saturated heterocycles. The Balaban J connectivity index is 1.82. The summed E-state index contributed by atoms with van der Waals surface area (Å²) in [5.74, 6) is -0.302. The number of halogens is 1. The largest absolute Gasteiger partial charge is 0.491 e. The number of rotatable bonds is 7. The Hall–Kier alpha value is -3.39. The third-order valence-corrected chi connectivity index (χ3v) is 6.19. The minimum absolute atomic E-state index is 0.00839. The van der Waals surface area contributed by atoms with E-state index in [1.54, 1.807) is 24.3 Å². The van der Waals surface area contributed by atoms with E-state index in [9.17, 15) is 17.6 Å². The zero-order valence-electron chi connectivity index (χ0n) is 17.4. The lowest BCUT2D eigenvalue weighted by molar-refractivity contribution is 0.102. The minimum atomic E-state index is -3.94. The molecular formula is C23H23FN2O4S. The van der Waals surface area contributed by atoms with Crippen molar-refractivity contribution in [2.75, 3.05) is 16.7 Å². The molecule has 1 amide bonds. The van der Waals surface area contributed by atoms with E-state index in [-0.39, 0.29) is 16.6 Å². The van der Waals surface area contributed by atoms with Crippen molar-refractivity contribution >= 4 is 27.3 Å². The molecule has 0 unspecified atom stereocenters. The van der Waals surface area contributed by atoms with Gasteiger partial charge in [0.25, 0.3) is 15.9 Å². The Bertz CT molecular complexity index is 1180. The summed E-state index contributed by atoms with van der Waals surface area (Å²) in [5.41, 5.74) is 1.02. The van der Waals surface area contributed by atoms with Gasteiger partial charge in [-0.25, -0.2) is 12.8 Å². The summed E-state index contributed by atoms with van der Waals surface area (Å²) >= 11 is 0. The molecule has 0 saturated carbocycles. The van der Waals surface area contributed by atoms with Crippen molar-refractivity contribution in [1.29, 1.82) is 0 Å². The third-order valence-electron chi connectivity index (χ3n) is 4.41. The molecule has 3 aromatic carbocycles. The van der Waals surface area contributed by atoms with Gasteiger partial charge in [0.05, 0.1) is 16.7 Å². The molecule has 0 bridgehead atoms. The number of nitrogens with one attached hydrogen (secondary N) is 1. The lowest BCUT2D eigenvalue weighted by Gasteiger charge is -2.20. The van der Waals surface area contributed by atoms with Gasteiger partial charge in [-0.3, -0.25) is 9.10 Å². The molecule has 0 aliphatic rings. The molecule has 3 rings (SSSR count). The maximum atomic E-state index is 13.2. The normalized spacial score (nSPS) is 11.3. The number of hydrogen-bond donors (Lipinski definition) is 1. The summed E-state index contributed by atoms with van der Waals surface area (Å²) in [4.78, 5) is 12.7. The summed E-state index contributed by atoms with van der Waals surface area (Å²) in [6.07, 6.45) is -0.00839. The molecule has 31 heavy (non-hydrogen) atoms. The predicted octanol–water partition coefficient (Wildman–Crippen LogP) is 4.69. The molecule has 8 heteroatoms. The predicted molar refractivity (Wildman–Crippen MR) is 119 cm³/mol. The molecule has 0 fully saturated rings. The fourth-order valence-corrected chi connectivity index (χ4v) is 4.11. The summed E-state index contributed by atoms with van der Waals surface area (Å²) in [6, 6.07) is 17.8. The van der Waals surface area contributed by atoms with Crippen LogP contribution in [0.2, 0.25) is 0 Å². The molecule has 1 N–H and O–H groups in total. The Kier molecular flexibility index (Phi) is 6.60. The van der Waals surface area contributed by atoms with Gasteiger partial charge < -0.3 is 10.1 Å². The minimum Gasteiger partial charge on any atom is -0.491 e. The zero-order valence-corrected chi connectivity index (χ0v) is 18.2. The van der Waals surface area contributed by atoms with Gasteiger partial charge in [0.2, 0.25) is 0 Å². The van der Waals surface area contributed by atoms with Crippen LogP contribution in [0.5, 0.6) is 5.75 Å². The second kappa shape index (κ2) is 9.18. The Morgan fingerprint density at radius 2 is 1.68 bits per heavy atom. The van der Waals surface area contributed by atoms with Gasteiger partial charge in [0.1, 0.15) is 11.6 Å². The molecule has 0 radical (unpaired) electrons. The van der Waals surface area contributed by atoms with Crippen molar-refractivity contribution < 1.29 is 22.3 Å². The molecule has 6 nitrogen and oxygen atoms in total. The first-order valence-electron chi connectivity index (χ1n) is 9.59. The Morgan fingerprint density at radius 1 is 1.00 bits per heavy atom. The highest BCUT2D eigenvalue weighted by molar-refractivity contribution is 7.92. The van der Waals surface area contributed by atoms with Crippen LogP contribution in [0.15, 0.2) is 77.7 Å². The average molecular weight is 443 g/mol. The van der Waals surface area contributed by atoms with E-state index in [1.165, 1.54) is 55.6 Å². The van der Waals surface area contributed by atoms with Crippen molar-refractivity contribution in [2.24, 2.45) is 0 Å². The number of amides is 1. The molecule has 0 heterocycles. The second-order valence-electron chi connectivity index (χ2n) is 7.13. The maximum absolute atomic E-state index is 13.2. The molecular weight excluding hydrogens is 419 g/mol. The van der Waals surface area contributed by atoms with Gasteiger partial charge in [-0.05, 0) is 68.4 Å². The molecule has 0 spiro atoms. The van der Waals surface area contributed by atoms with E-state index < -0.39 is 21.7 Å². The number of carbonyl (C=O) groups excluding carboxylic acids is 1. The molecule has 0 aliphatic carbocycles. The first-order valence-corrected chi connectivity index (χ1v) is 11.0. The standard InChI is InChI=1S/C23H23FN2O4S/c1-16(2)30-21-8-5-7-19(15-21)25-23(27)17-6-4-9-22(14-17)31(28,29)26(3)20-12-10-18(24)11-13-20/h4-16H,1-3H3,(H,25,27). The molecule has 162 valence electrons. The van der Waals surface area contributed by atoms with Crippen molar-refractivity contribution in [3.8, 4) is 5.75 Å². The van der Waals surface area contributed by atoms with E-state index in [1.807, 2.05) is 13.8 Å². The van der Waals surface area contributed by atoms with Gasteiger partial charge in [0.15, 0.2) is 0 Å². The molecule has 0 aromatic heterocycles. The first kappa shape index (κ1) is 22.3. The molecule has 0 aliphatic heterocycles. The Morgan fingerprint density at radius 3 is 2.35 bits per heavy atom. The van der Waals surface area contributed by atoms with Crippen LogP contribution in [0, 0.1) is 5.82 Å². The van der Waals surface area contributed by atoms with Gasteiger partial charge in [-0.2, -0.15) is 0 Å². The van der Waals surface area contributed by atoms with Crippen LogP contribution in [0.1, 0.15) is 24.2 Å². The van der Waals surface area contributed by atoms with Crippen molar-refractivity contribution in [3.63, 3.8) is 0 Å². The lowest BCUT2D eigenvalue weighted by Crippen LogP contribution is -2.26. The molecule has 3 aromatic rings. The maximum Gasteiger partial charge on any atom is 0.264 e. The fourth-order valence-electron chi connectivity index (χ4n) is 2.87. The second-order valence-corrected chi connectivity index (χ2v) is 9.09. The van der Waals surface area contributed by atoms with Gasteiger partial charge >= 0.3 is 0 Å². The smallest absolute Gasteiger partial charge is 0.264 e. The number of anilines is 2. The fraction of sp³-hybridized carbons (Fsp3) is 0.174. The number of hydrogen-bond acceptors (Lipinski definition) is 4. The highest BCUT2D eigenvalue weighted by Gasteiger charge is 2.22. The highest BCUT2D eigenvalue weighted by atomic mass is 32.2. The van der Waals surface area contributed by atoms with E-state index in [0.29, 0.717) is 17.1 Å². The average Bonchev–Trinajstić information content (AvgIpc) is 2.73. The van der Waals surface area contributed by atoms with E-state index in [2.05, 4.69) is 5.32 Å². The summed E-state index contributed by atoms with van der Waals surface area (Å²) in [6.45, 7) is 3.81. The number of carbonyl (C=O) groups is 1. The summed E-state index contributed by atoms with van der Waals surface area (Å²) in [5, 5.41) is 2.75. The monoisotopic (exact) mass is 442 g/mol. The van der Waals surface area contributed by atoms with Gasteiger partial charge in [0, 0.05) is 24.4 Å². The lowest BCUT2D eigenvalue weighted by atomic mass is 10.2. The topological polar surface area (TPSA) is 75.7 Å². The number of benzene rings is 3. The van der Waals surface area contributed by atoms with Crippen LogP contribution in [0.3, 0.4) is 0 Å². The number of ether oxygens (including phenoxy) is 1. The SMILES string of the molecule is CC(C)Oc1cccc(NC(=O)c2cccc(S(=O)(=O)N(C)c3ccc(F)cc3)c2)c1. The van der Waals surface area contributed by atoms with E-state index in [0.717, 1.165) is 4.31 Å². The third kappa shape index (κ3) is 5.40. The van der Waals surface area contributed by atoms with Crippen molar-refractivity contribution in [3.05, 3.63) is 84.2 Å². The zero-order chi connectivity index (χ0) is 22.6. The van der Waals surface area contributed by atoms with E-state index >= 15 is 0 Å². The van der Waals surface area contributed by atoms with Crippen LogP contribution in [0.4, 0.5) is 15.8 Å². The van der Waals surface area contributed by atoms with Crippen LogP contribution in [-0.2, 0) is 10.0 Å². The number of nitrogens with zero attached hydrogens (tertiary/aromatic N) is 1. The van der Waals surface area contributed by atoms with Crippen LogP contribution in [0.25, 0.3) is 0 Å². The summed E-state index contributed by atoms with van der Waals surface area (Å²) in [7, 11) is -2.57. The highest BCUT2D eigenvalue weighted by Crippen LogP contribution is 2.24. The summed E-state index contributed by atoms with van der Waals surface area (Å²) < 4.78 is 45.8. The van der Waals surface area contributed by atoms with Gasteiger partial charge in [-0.15, -0.1) is 0 Å².